The van der Waals surface area contributed by atoms with Gasteiger partial charge >= 0.3 is 0 Å². The van der Waals surface area contributed by atoms with Gasteiger partial charge in [-0.3, -0.25) is 9.59 Å². The third-order valence-electron chi connectivity index (χ3n) is 4.76. The van der Waals surface area contributed by atoms with E-state index < -0.39 is 11.1 Å². The van der Waals surface area contributed by atoms with E-state index in [1.165, 1.54) is 0 Å². The van der Waals surface area contributed by atoms with Crippen LogP contribution >= 0.6 is 27.3 Å². The highest BCUT2D eigenvalue weighted by Gasteiger charge is 2.13. The monoisotopic (exact) mass is 491 g/mol. The highest BCUT2D eigenvalue weighted by Crippen LogP contribution is 2.24. The van der Waals surface area contributed by atoms with Gasteiger partial charge in [-0.15, -0.1) is 10.2 Å². The molecule has 3 heterocycles. The van der Waals surface area contributed by atoms with Crippen LogP contribution in [0.2, 0.25) is 0 Å². The van der Waals surface area contributed by atoms with Gasteiger partial charge in [0.1, 0.15) is 21.7 Å². The number of nitrogens with zero attached hydrogens (tertiary/aromatic N) is 3. The average molecular weight is 492 g/mol. The highest BCUT2D eigenvalue weighted by atomic mass is 79.9. The molecule has 0 spiro atoms. The number of hydrogen-bond acceptors (Lipinski definition) is 6. The van der Waals surface area contributed by atoms with E-state index in [0.29, 0.717) is 22.5 Å². The second-order valence-electron chi connectivity index (χ2n) is 6.86. The predicted molar refractivity (Wildman–Crippen MR) is 123 cm³/mol. The first-order valence-corrected chi connectivity index (χ1v) is 11.0. The summed E-state index contributed by atoms with van der Waals surface area (Å²) in [5, 5.41) is 8.16. The summed E-state index contributed by atoms with van der Waals surface area (Å²) in [6.45, 7) is 0. The highest BCUT2D eigenvalue weighted by molar-refractivity contribution is 9.10. The fourth-order valence-electron chi connectivity index (χ4n) is 3.22. The molecule has 0 bridgehead atoms. The van der Waals surface area contributed by atoms with Gasteiger partial charge in [-0.05, 0) is 29.8 Å². The van der Waals surface area contributed by atoms with Crippen molar-refractivity contribution in [1.82, 2.24) is 14.6 Å². The van der Waals surface area contributed by atoms with E-state index in [-0.39, 0.29) is 10.7 Å². The number of halogens is 1. The van der Waals surface area contributed by atoms with Crippen LogP contribution in [0.15, 0.2) is 85.2 Å². The Labute approximate surface area is 188 Å². The van der Waals surface area contributed by atoms with Crippen LogP contribution in [0.1, 0.15) is 17.0 Å². The molecule has 0 N–H and O–H groups in total. The standard InChI is InChI=1S/C23H14BrN3O3S/c24-16-8-6-15(7-9-16)19-11-10-17(30-19)13-20-22(29)27-21(28)18(25-26-23(27)31-20)12-14-4-2-1-3-5-14/h1-11,13H,12H2/b20-13-. The summed E-state index contributed by atoms with van der Waals surface area (Å²) in [5.41, 5.74) is 1.23. The van der Waals surface area contributed by atoms with Crippen molar-refractivity contribution in [2.45, 2.75) is 6.42 Å². The zero-order chi connectivity index (χ0) is 21.4. The second-order valence-corrected chi connectivity index (χ2v) is 8.78. The lowest BCUT2D eigenvalue weighted by molar-refractivity contribution is 0.571. The van der Waals surface area contributed by atoms with E-state index >= 15 is 0 Å². The summed E-state index contributed by atoms with van der Waals surface area (Å²) in [5.74, 6) is 1.21. The van der Waals surface area contributed by atoms with E-state index in [1.807, 2.05) is 60.7 Å². The smallest absolute Gasteiger partial charge is 0.283 e. The van der Waals surface area contributed by atoms with Crippen LogP contribution in [0.4, 0.5) is 0 Å². The van der Waals surface area contributed by atoms with Gasteiger partial charge in [0.2, 0.25) is 4.96 Å². The van der Waals surface area contributed by atoms with Gasteiger partial charge in [0.25, 0.3) is 11.1 Å². The molecule has 152 valence electrons. The first-order valence-electron chi connectivity index (χ1n) is 9.41. The minimum absolute atomic E-state index is 0.237. The van der Waals surface area contributed by atoms with Crippen molar-refractivity contribution in [2.24, 2.45) is 0 Å². The third-order valence-corrected chi connectivity index (χ3v) is 6.24. The fourth-order valence-corrected chi connectivity index (χ4v) is 4.38. The summed E-state index contributed by atoms with van der Waals surface area (Å²) >= 11 is 4.52. The Morgan fingerprint density at radius 2 is 1.71 bits per heavy atom. The first-order chi connectivity index (χ1) is 15.1. The Morgan fingerprint density at radius 3 is 2.48 bits per heavy atom. The van der Waals surface area contributed by atoms with Gasteiger partial charge in [0.05, 0.1) is 0 Å². The van der Waals surface area contributed by atoms with Crippen molar-refractivity contribution in [1.29, 1.82) is 0 Å². The van der Waals surface area contributed by atoms with Gasteiger partial charge in [-0.2, -0.15) is 0 Å². The molecule has 0 fully saturated rings. The number of benzene rings is 2. The fraction of sp³-hybridized carbons (Fsp3) is 0.0435. The summed E-state index contributed by atoms with van der Waals surface area (Å²) in [6.07, 6.45) is 1.94. The lowest BCUT2D eigenvalue weighted by atomic mass is 10.1. The van der Waals surface area contributed by atoms with E-state index in [4.69, 9.17) is 4.42 Å². The summed E-state index contributed by atoms with van der Waals surface area (Å²) in [6, 6.07) is 20.9. The number of fused-ring (bicyclic) bond motifs is 1. The van der Waals surface area contributed by atoms with Crippen molar-refractivity contribution in [3.05, 3.63) is 113 Å². The summed E-state index contributed by atoms with van der Waals surface area (Å²) in [4.78, 5) is 26.0. The molecule has 8 heteroatoms. The molecule has 0 saturated carbocycles. The largest absolute Gasteiger partial charge is 0.457 e. The van der Waals surface area contributed by atoms with Crippen molar-refractivity contribution in [2.75, 3.05) is 0 Å². The molecule has 0 atom stereocenters. The molecule has 0 aliphatic rings. The second kappa shape index (κ2) is 8.05. The maximum absolute atomic E-state index is 12.9. The van der Waals surface area contributed by atoms with Crippen molar-refractivity contribution >= 4 is 38.3 Å². The van der Waals surface area contributed by atoms with Crippen LogP contribution in [-0.2, 0) is 6.42 Å². The van der Waals surface area contributed by atoms with Crippen molar-refractivity contribution in [3.63, 3.8) is 0 Å². The summed E-state index contributed by atoms with van der Waals surface area (Å²) in [7, 11) is 0. The predicted octanol–water partition coefficient (Wildman–Crippen LogP) is 3.67. The molecule has 6 nitrogen and oxygen atoms in total. The molecular formula is C23H14BrN3O3S. The quantitative estimate of drug-likeness (QED) is 0.383. The Balaban J connectivity index is 1.54. The molecule has 3 aromatic heterocycles. The van der Waals surface area contributed by atoms with Gasteiger partial charge in [0.15, 0.2) is 0 Å². The SMILES string of the molecule is O=c1c(Cc2ccccc2)nnc2s/c(=C\c3ccc(-c4ccc(Br)cc4)o3)c(=O)n12. The van der Waals surface area contributed by atoms with Crippen LogP contribution in [0.5, 0.6) is 0 Å². The Hall–Kier alpha value is -3.36. The minimum atomic E-state index is -0.440. The molecule has 0 amide bonds. The minimum Gasteiger partial charge on any atom is -0.457 e. The number of hydrogen-bond donors (Lipinski definition) is 0. The Kier molecular flexibility index (Phi) is 5.09. The van der Waals surface area contributed by atoms with E-state index in [0.717, 1.165) is 31.3 Å². The Morgan fingerprint density at radius 1 is 0.935 bits per heavy atom. The van der Waals surface area contributed by atoms with Gasteiger partial charge < -0.3 is 4.42 Å². The number of thiazole rings is 1. The molecule has 0 saturated heterocycles. The number of rotatable bonds is 4. The molecule has 0 aliphatic heterocycles. The molecule has 5 aromatic rings. The van der Waals surface area contributed by atoms with Crippen molar-refractivity contribution < 1.29 is 4.42 Å². The Bertz CT molecular complexity index is 1550. The lowest BCUT2D eigenvalue weighted by Gasteiger charge is -1.99. The van der Waals surface area contributed by atoms with Crippen LogP contribution in [0, 0.1) is 0 Å². The first kappa shape index (κ1) is 19.6. The zero-order valence-electron chi connectivity index (χ0n) is 16.0. The zero-order valence-corrected chi connectivity index (χ0v) is 18.4. The number of aromatic nitrogens is 3. The molecule has 0 aliphatic carbocycles. The molecular weight excluding hydrogens is 478 g/mol. The van der Waals surface area contributed by atoms with E-state index in [1.54, 1.807) is 12.1 Å². The maximum Gasteiger partial charge on any atom is 0.283 e. The number of furan rings is 1. The topological polar surface area (TPSA) is 77.5 Å². The van der Waals surface area contributed by atoms with Crippen molar-refractivity contribution in [3.8, 4) is 11.3 Å². The van der Waals surface area contributed by atoms with E-state index in [2.05, 4.69) is 26.1 Å². The van der Waals surface area contributed by atoms with Gasteiger partial charge in [-0.25, -0.2) is 4.40 Å². The van der Waals surface area contributed by atoms with Crippen LogP contribution < -0.4 is 15.7 Å². The van der Waals surface area contributed by atoms with Crippen LogP contribution in [-0.4, -0.2) is 14.6 Å². The molecule has 0 unspecified atom stereocenters. The van der Waals surface area contributed by atoms with Crippen LogP contribution in [0.3, 0.4) is 0 Å². The normalized spacial score (nSPS) is 12.0. The molecule has 31 heavy (non-hydrogen) atoms. The maximum atomic E-state index is 12.9. The van der Waals surface area contributed by atoms with Gasteiger partial charge in [0, 0.05) is 22.5 Å². The lowest BCUT2D eigenvalue weighted by Crippen LogP contribution is -2.33. The molecule has 2 aromatic carbocycles. The van der Waals surface area contributed by atoms with Gasteiger partial charge in [-0.1, -0.05) is 69.7 Å². The summed E-state index contributed by atoms with van der Waals surface area (Å²) < 4.78 is 8.30. The average Bonchev–Trinajstić information content (AvgIpc) is 3.37. The third kappa shape index (κ3) is 3.87. The molecule has 5 rings (SSSR count). The molecule has 0 radical (unpaired) electrons. The van der Waals surface area contributed by atoms with Crippen LogP contribution in [0.25, 0.3) is 22.4 Å². The van der Waals surface area contributed by atoms with E-state index in [9.17, 15) is 9.59 Å².